The van der Waals surface area contributed by atoms with Crippen LogP contribution in [-0.4, -0.2) is 22.3 Å². The Morgan fingerprint density at radius 1 is 1.12 bits per heavy atom. The maximum absolute atomic E-state index is 4.43. The van der Waals surface area contributed by atoms with Gasteiger partial charge in [-0.2, -0.15) is 0 Å². The molecule has 0 unspecified atom stereocenters. The third kappa shape index (κ3) is 3.03. The summed E-state index contributed by atoms with van der Waals surface area (Å²) in [5.41, 5.74) is 5.65. The fourth-order valence-corrected chi connectivity index (χ4v) is 3.04. The minimum Gasteiger partial charge on any atom is -0.361 e. The first-order valence-electron chi connectivity index (χ1n) is 7.63. The van der Waals surface area contributed by atoms with Gasteiger partial charge in [0.1, 0.15) is 0 Å². The molecule has 2 heterocycles. The topological polar surface area (TPSA) is 42.2 Å². The van der Waals surface area contributed by atoms with Gasteiger partial charge in [-0.3, -0.25) is 4.99 Å². The number of aromatic nitrogens is 2. The van der Waals surface area contributed by atoms with E-state index in [1.807, 2.05) is 29.2 Å². The van der Waals surface area contributed by atoms with Crippen LogP contribution in [0.2, 0.25) is 0 Å². The molecule has 0 aliphatic carbocycles. The molecule has 0 fully saturated rings. The molecule has 0 saturated carbocycles. The van der Waals surface area contributed by atoms with E-state index in [4.69, 9.17) is 0 Å². The number of benzene rings is 2. The van der Waals surface area contributed by atoms with Crippen LogP contribution in [0.3, 0.4) is 0 Å². The van der Waals surface area contributed by atoms with Crippen LogP contribution < -0.4 is 5.32 Å². The van der Waals surface area contributed by atoms with Crippen molar-refractivity contribution in [2.75, 3.05) is 11.9 Å². The van der Waals surface area contributed by atoms with Gasteiger partial charge < -0.3 is 9.88 Å². The zero-order valence-electron chi connectivity index (χ0n) is 12.9. The molecule has 0 atom stereocenters. The second-order valence-electron chi connectivity index (χ2n) is 5.53. The zero-order valence-corrected chi connectivity index (χ0v) is 14.4. The molecule has 4 rings (SSSR count). The fourth-order valence-electron chi connectivity index (χ4n) is 2.68. The molecule has 0 bridgehead atoms. The Morgan fingerprint density at radius 3 is 2.79 bits per heavy atom. The Morgan fingerprint density at radius 2 is 2.00 bits per heavy atom. The second-order valence-corrected chi connectivity index (χ2v) is 6.45. The largest absolute Gasteiger partial charge is 0.361 e. The van der Waals surface area contributed by atoms with E-state index >= 15 is 0 Å². The highest BCUT2D eigenvalue weighted by atomic mass is 79.9. The summed E-state index contributed by atoms with van der Waals surface area (Å²) in [4.78, 5) is 8.50. The number of imidazole rings is 1. The number of aliphatic imine (C=N–C) groups is 1. The van der Waals surface area contributed by atoms with Gasteiger partial charge in [0.2, 0.25) is 0 Å². The normalized spacial score (nSPS) is 14.6. The van der Waals surface area contributed by atoms with Crippen LogP contribution in [-0.2, 0) is 0 Å². The number of anilines is 1. The van der Waals surface area contributed by atoms with E-state index in [9.17, 15) is 0 Å². The van der Waals surface area contributed by atoms with Gasteiger partial charge in [0.15, 0.2) is 0 Å². The standard InChI is InChI=1S/C19H15BrN4/c20-16-2-1-14-10-22-11-15(19(14)9-16)12-23-17-3-5-18(6-4-17)24-8-7-21-13-24/h1-10,12-13,23H,11H2/b15-12+. The van der Waals surface area contributed by atoms with E-state index in [0.29, 0.717) is 6.54 Å². The third-order valence-electron chi connectivity index (χ3n) is 3.94. The van der Waals surface area contributed by atoms with Crippen LogP contribution in [0.25, 0.3) is 11.3 Å². The van der Waals surface area contributed by atoms with Crippen molar-refractivity contribution in [2.24, 2.45) is 4.99 Å². The van der Waals surface area contributed by atoms with Gasteiger partial charge in [-0.15, -0.1) is 0 Å². The predicted octanol–water partition coefficient (Wildman–Crippen LogP) is 4.52. The Balaban J connectivity index is 1.55. The van der Waals surface area contributed by atoms with Crippen LogP contribution in [0, 0.1) is 0 Å². The number of rotatable bonds is 3. The summed E-state index contributed by atoms with van der Waals surface area (Å²) < 4.78 is 3.05. The van der Waals surface area contributed by atoms with Crippen molar-refractivity contribution >= 4 is 33.4 Å². The van der Waals surface area contributed by atoms with E-state index in [2.05, 4.69) is 67.6 Å². The van der Waals surface area contributed by atoms with Crippen molar-refractivity contribution in [2.45, 2.75) is 0 Å². The molecule has 0 saturated heterocycles. The van der Waals surface area contributed by atoms with Gasteiger partial charge in [-0.25, -0.2) is 4.98 Å². The molecule has 1 aromatic heterocycles. The highest BCUT2D eigenvalue weighted by molar-refractivity contribution is 9.10. The van der Waals surface area contributed by atoms with Crippen LogP contribution >= 0.6 is 15.9 Å². The molecule has 1 aliphatic heterocycles. The van der Waals surface area contributed by atoms with Gasteiger partial charge in [0, 0.05) is 40.7 Å². The molecule has 118 valence electrons. The Labute approximate surface area is 148 Å². The lowest BCUT2D eigenvalue weighted by Gasteiger charge is -2.15. The number of fused-ring (bicyclic) bond motifs is 1. The molecule has 4 nitrogen and oxygen atoms in total. The van der Waals surface area contributed by atoms with Gasteiger partial charge in [0.25, 0.3) is 0 Å². The summed E-state index contributed by atoms with van der Waals surface area (Å²) in [7, 11) is 0. The minimum absolute atomic E-state index is 0.684. The van der Waals surface area contributed by atoms with Gasteiger partial charge in [-0.05, 0) is 53.1 Å². The van der Waals surface area contributed by atoms with E-state index in [1.54, 1.807) is 12.5 Å². The van der Waals surface area contributed by atoms with Crippen molar-refractivity contribution in [1.29, 1.82) is 0 Å². The molecular weight excluding hydrogens is 364 g/mol. The molecule has 3 aromatic rings. The van der Waals surface area contributed by atoms with E-state index in [0.717, 1.165) is 21.4 Å². The predicted molar refractivity (Wildman–Crippen MR) is 102 cm³/mol. The Kier molecular flexibility index (Phi) is 4.01. The number of nitrogens with zero attached hydrogens (tertiary/aromatic N) is 3. The highest BCUT2D eigenvalue weighted by Crippen LogP contribution is 2.26. The van der Waals surface area contributed by atoms with Crippen molar-refractivity contribution < 1.29 is 0 Å². The lowest BCUT2D eigenvalue weighted by atomic mass is 9.99. The summed E-state index contributed by atoms with van der Waals surface area (Å²) in [6.07, 6.45) is 9.46. The van der Waals surface area contributed by atoms with E-state index < -0.39 is 0 Å². The van der Waals surface area contributed by atoms with Crippen LogP contribution in [0.5, 0.6) is 0 Å². The first-order chi connectivity index (χ1) is 11.8. The quantitative estimate of drug-likeness (QED) is 0.727. The van der Waals surface area contributed by atoms with Gasteiger partial charge in [0.05, 0.1) is 12.9 Å². The fraction of sp³-hybridized carbons (Fsp3) is 0.0526. The average molecular weight is 379 g/mol. The lowest BCUT2D eigenvalue weighted by Crippen LogP contribution is -2.04. The molecule has 0 amide bonds. The summed E-state index contributed by atoms with van der Waals surface area (Å²) in [5.74, 6) is 0. The first-order valence-corrected chi connectivity index (χ1v) is 8.43. The summed E-state index contributed by atoms with van der Waals surface area (Å²) in [6, 6.07) is 14.5. The summed E-state index contributed by atoms with van der Waals surface area (Å²) in [6.45, 7) is 0.684. The van der Waals surface area contributed by atoms with Crippen LogP contribution in [0.1, 0.15) is 11.1 Å². The van der Waals surface area contributed by atoms with Crippen molar-refractivity contribution in [1.82, 2.24) is 9.55 Å². The number of hydrogen-bond donors (Lipinski definition) is 1. The SMILES string of the molecule is Brc1ccc2c(c1)/C(=C/Nc1ccc(-n3ccnc3)cc1)CN=C2. The van der Waals surface area contributed by atoms with E-state index in [1.165, 1.54) is 11.1 Å². The molecule has 0 spiro atoms. The smallest absolute Gasteiger partial charge is 0.0991 e. The number of nitrogens with one attached hydrogen (secondary N) is 1. The monoisotopic (exact) mass is 378 g/mol. The number of hydrogen-bond acceptors (Lipinski definition) is 3. The third-order valence-corrected chi connectivity index (χ3v) is 4.43. The average Bonchev–Trinajstić information content (AvgIpc) is 3.15. The van der Waals surface area contributed by atoms with Crippen molar-refractivity contribution in [3.8, 4) is 5.69 Å². The Bertz CT molecular complexity index is 909. The molecule has 0 radical (unpaired) electrons. The molecule has 2 aromatic carbocycles. The summed E-state index contributed by atoms with van der Waals surface area (Å²) in [5, 5.41) is 3.37. The zero-order chi connectivity index (χ0) is 16.4. The molecule has 1 N–H and O–H groups in total. The van der Waals surface area contributed by atoms with Gasteiger partial charge in [-0.1, -0.05) is 22.0 Å². The highest BCUT2D eigenvalue weighted by Gasteiger charge is 2.11. The molecule has 5 heteroatoms. The molecule has 1 aliphatic rings. The maximum atomic E-state index is 4.43. The molecular formula is C19H15BrN4. The van der Waals surface area contributed by atoms with Gasteiger partial charge >= 0.3 is 0 Å². The summed E-state index contributed by atoms with van der Waals surface area (Å²) >= 11 is 3.54. The minimum atomic E-state index is 0.684. The van der Waals surface area contributed by atoms with E-state index in [-0.39, 0.29) is 0 Å². The maximum Gasteiger partial charge on any atom is 0.0991 e. The lowest BCUT2D eigenvalue weighted by molar-refractivity contribution is 1.06. The number of halogens is 1. The van der Waals surface area contributed by atoms with Crippen LogP contribution in [0.4, 0.5) is 5.69 Å². The molecule has 24 heavy (non-hydrogen) atoms. The van der Waals surface area contributed by atoms with Crippen molar-refractivity contribution in [3.63, 3.8) is 0 Å². The Hall–Kier alpha value is -2.66. The van der Waals surface area contributed by atoms with Crippen LogP contribution in [0.15, 0.2) is 76.9 Å². The second kappa shape index (κ2) is 6.45. The van der Waals surface area contributed by atoms with Crippen molar-refractivity contribution in [3.05, 3.63) is 83.0 Å². The first kappa shape index (κ1) is 14.9.